The number of allylic oxidation sites excluding steroid dienone is 2. The van der Waals surface area contributed by atoms with Gasteiger partial charge in [0.2, 0.25) is 0 Å². The van der Waals surface area contributed by atoms with Gasteiger partial charge >= 0.3 is 0 Å². The first-order valence-corrected chi connectivity index (χ1v) is 7.96. The molecule has 0 spiro atoms. The van der Waals surface area contributed by atoms with Crippen LogP contribution in [0.25, 0.3) is 0 Å². The summed E-state index contributed by atoms with van der Waals surface area (Å²) in [4.78, 5) is 12.1. The van der Waals surface area contributed by atoms with Gasteiger partial charge in [0, 0.05) is 11.8 Å². The van der Waals surface area contributed by atoms with Gasteiger partial charge in [-0.05, 0) is 42.9 Å². The molecule has 124 valence electrons. The summed E-state index contributed by atoms with van der Waals surface area (Å²) in [5.41, 5.74) is 7.92. The lowest BCUT2D eigenvalue weighted by Crippen LogP contribution is -2.37. The van der Waals surface area contributed by atoms with Crippen LogP contribution in [0, 0.1) is 0 Å². The molecule has 0 saturated carbocycles. The molecular formula is C19H20N2O3. The predicted octanol–water partition coefficient (Wildman–Crippen LogP) is 3.18. The summed E-state index contributed by atoms with van der Waals surface area (Å²) in [6.45, 7) is 0. The van der Waals surface area contributed by atoms with Crippen molar-refractivity contribution in [3.05, 3.63) is 71.4 Å². The molecule has 0 saturated heterocycles. The second-order valence-electron chi connectivity index (χ2n) is 5.89. The van der Waals surface area contributed by atoms with E-state index in [0.29, 0.717) is 5.92 Å². The third kappa shape index (κ3) is 3.68. The minimum Gasteiger partial charge on any atom is -0.508 e. The van der Waals surface area contributed by atoms with Crippen molar-refractivity contribution in [2.45, 2.75) is 25.2 Å². The number of phenolic OH excluding ortho intramolecular Hbond substituents is 2. The van der Waals surface area contributed by atoms with Gasteiger partial charge in [-0.15, -0.1) is 0 Å². The third-order valence-electron chi connectivity index (χ3n) is 4.24. The van der Waals surface area contributed by atoms with Crippen molar-refractivity contribution >= 4 is 5.91 Å². The Labute approximate surface area is 140 Å². The fraction of sp³-hybridized carbons (Fsp3) is 0.211. The van der Waals surface area contributed by atoms with E-state index in [1.54, 1.807) is 0 Å². The molecular weight excluding hydrogens is 304 g/mol. The van der Waals surface area contributed by atoms with E-state index in [2.05, 4.69) is 41.2 Å². The van der Waals surface area contributed by atoms with Gasteiger partial charge in [0.15, 0.2) is 0 Å². The molecule has 1 aliphatic rings. The van der Waals surface area contributed by atoms with Crippen LogP contribution in [0.2, 0.25) is 0 Å². The Balaban J connectivity index is 1.56. The summed E-state index contributed by atoms with van der Waals surface area (Å²) in [5, 5.41) is 19.0. The smallest absolute Gasteiger partial charge is 0.273 e. The van der Waals surface area contributed by atoms with E-state index < -0.39 is 5.91 Å². The number of nitrogens with one attached hydrogen (secondary N) is 2. The minimum atomic E-state index is -0.446. The average Bonchev–Trinajstić information content (AvgIpc) is 2.61. The second-order valence-corrected chi connectivity index (χ2v) is 5.89. The normalized spacial score (nSPS) is 17.0. The second kappa shape index (κ2) is 7.08. The van der Waals surface area contributed by atoms with Gasteiger partial charge in [-0.2, -0.15) is 0 Å². The van der Waals surface area contributed by atoms with Crippen LogP contribution in [0.4, 0.5) is 0 Å². The Morgan fingerprint density at radius 1 is 1.08 bits per heavy atom. The standard InChI is InChI=1S/C19H20N2O3/c22-16-10-11-17(18(23)12-16)19(24)21-20-15-8-6-14(7-9-15)13-4-2-1-3-5-13/h1-5,8,10-12,14,20,22-23H,6-7,9H2,(H,21,24). The molecule has 2 aromatic rings. The van der Waals surface area contributed by atoms with Crippen molar-refractivity contribution in [1.29, 1.82) is 0 Å². The largest absolute Gasteiger partial charge is 0.508 e. The van der Waals surface area contributed by atoms with E-state index in [4.69, 9.17) is 0 Å². The van der Waals surface area contributed by atoms with Crippen LogP contribution in [0.15, 0.2) is 60.3 Å². The lowest BCUT2D eigenvalue weighted by atomic mass is 9.87. The number of hydrogen-bond acceptors (Lipinski definition) is 4. The van der Waals surface area contributed by atoms with E-state index >= 15 is 0 Å². The maximum atomic E-state index is 12.1. The van der Waals surface area contributed by atoms with E-state index in [-0.39, 0.29) is 17.1 Å². The van der Waals surface area contributed by atoms with E-state index in [9.17, 15) is 15.0 Å². The van der Waals surface area contributed by atoms with Crippen molar-refractivity contribution in [2.75, 3.05) is 0 Å². The third-order valence-corrected chi connectivity index (χ3v) is 4.24. The molecule has 3 rings (SSSR count). The molecule has 0 bridgehead atoms. The number of rotatable bonds is 4. The Kier molecular flexibility index (Phi) is 4.70. The first kappa shape index (κ1) is 15.9. The fourth-order valence-corrected chi connectivity index (χ4v) is 2.89. The Hall–Kier alpha value is -2.95. The zero-order valence-corrected chi connectivity index (χ0v) is 13.2. The molecule has 0 heterocycles. The van der Waals surface area contributed by atoms with Crippen LogP contribution < -0.4 is 10.9 Å². The summed E-state index contributed by atoms with van der Waals surface area (Å²) in [5.74, 6) is -0.276. The van der Waals surface area contributed by atoms with Crippen LogP contribution >= 0.6 is 0 Å². The Bertz CT molecular complexity index is 756. The molecule has 0 aliphatic heterocycles. The first-order valence-electron chi connectivity index (χ1n) is 7.96. The van der Waals surface area contributed by atoms with Gasteiger partial charge in [0.1, 0.15) is 11.5 Å². The average molecular weight is 324 g/mol. The lowest BCUT2D eigenvalue weighted by molar-refractivity contribution is 0.0935. The van der Waals surface area contributed by atoms with Crippen LogP contribution in [0.5, 0.6) is 11.5 Å². The topological polar surface area (TPSA) is 81.6 Å². The number of hydrazine groups is 1. The van der Waals surface area contributed by atoms with Gasteiger partial charge in [0.25, 0.3) is 5.91 Å². The SMILES string of the molecule is O=C(NNC1=CCC(c2ccccc2)CC1)c1ccc(O)cc1O. The molecule has 1 aliphatic carbocycles. The van der Waals surface area contributed by atoms with Crippen LogP contribution in [0.3, 0.4) is 0 Å². The maximum Gasteiger partial charge on any atom is 0.273 e. The number of aromatic hydroxyl groups is 2. The van der Waals surface area contributed by atoms with Crippen molar-refractivity contribution in [3.63, 3.8) is 0 Å². The van der Waals surface area contributed by atoms with Crippen LogP contribution in [-0.4, -0.2) is 16.1 Å². The summed E-state index contributed by atoms with van der Waals surface area (Å²) in [7, 11) is 0. The lowest BCUT2D eigenvalue weighted by Gasteiger charge is -2.23. The fourth-order valence-electron chi connectivity index (χ4n) is 2.89. The van der Waals surface area contributed by atoms with Crippen molar-refractivity contribution in [3.8, 4) is 11.5 Å². The zero-order valence-electron chi connectivity index (χ0n) is 13.2. The molecule has 1 amide bonds. The van der Waals surface area contributed by atoms with E-state index in [1.165, 1.54) is 17.7 Å². The molecule has 0 radical (unpaired) electrons. The summed E-state index contributed by atoms with van der Waals surface area (Å²) in [6.07, 6.45) is 4.88. The molecule has 0 fully saturated rings. The van der Waals surface area contributed by atoms with Gasteiger partial charge in [-0.1, -0.05) is 36.4 Å². The highest BCUT2D eigenvalue weighted by Gasteiger charge is 2.17. The molecule has 2 aromatic carbocycles. The quantitative estimate of drug-likeness (QED) is 0.651. The Morgan fingerprint density at radius 3 is 2.54 bits per heavy atom. The predicted molar refractivity (Wildman–Crippen MR) is 91.5 cm³/mol. The highest BCUT2D eigenvalue weighted by atomic mass is 16.3. The van der Waals surface area contributed by atoms with Crippen LogP contribution in [0.1, 0.15) is 41.1 Å². The van der Waals surface area contributed by atoms with Gasteiger partial charge < -0.3 is 15.6 Å². The molecule has 24 heavy (non-hydrogen) atoms. The molecule has 0 aromatic heterocycles. The number of amides is 1. The van der Waals surface area contributed by atoms with Gasteiger partial charge in [-0.25, -0.2) is 0 Å². The molecule has 1 unspecified atom stereocenters. The summed E-state index contributed by atoms with van der Waals surface area (Å²) >= 11 is 0. The highest BCUT2D eigenvalue weighted by Crippen LogP contribution is 2.30. The molecule has 5 heteroatoms. The minimum absolute atomic E-state index is 0.0843. The van der Waals surface area contributed by atoms with Crippen LogP contribution in [-0.2, 0) is 0 Å². The number of hydrogen-bond donors (Lipinski definition) is 4. The van der Waals surface area contributed by atoms with Gasteiger partial charge in [-0.3, -0.25) is 10.2 Å². The molecule has 5 nitrogen and oxygen atoms in total. The van der Waals surface area contributed by atoms with E-state index in [1.807, 2.05) is 6.07 Å². The maximum absolute atomic E-state index is 12.1. The number of carbonyl (C=O) groups excluding carboxylic acids is 1. The molecule has 1 atom stereocenters. The number of benzene rings is 2. The monoisotopic (exact) mass is 324 g/mol. The van der Waals surface area contributed by atoms with Crippen molar-refractivity contribution in [2.24, 2.45) is 0 Å². The molecule has 4 N–H and O–H groups in total. The zero-order chi connectivity index (χ0) is 16.9. The van der Waals surface area contributed by atoms with Gasteiger partial charge in [0.05, 0.1) is 5.56 Å². The first-order chi connectivity index (χ1) is 11.6. The van der Waals surface area contributed by atoms with Crippen molar-refractivity contribution < 1.29 is 15.0 Å². The van der Waals surface area contributed by atoms with Crippen molar-refractivity contribution in [1.82, 2.24) is 10.9 Å². The number of carbonyl (C=O) groups is 1. The Morgan fingerprint density at radius 2 is 1.88 bits per heavy atom. The summed E-state index contributed by atoms with van der Waals surface area (Å²) in [6, 6.07) is 14.3. The number of phenols is 2. The van der Waals surface area contributed by atoms with E-state index in [0.717, 1.165) is 31.0 Å². The highest BCUT2D eigenvalue weighted by molar-refractivity contribution is 5.96. The summed E-state index contributed by atoms with van der Waals surface area (Å²) < 4.78 is 0.